The van der Waals surface area contributed by atoms with Crippen molar-refractivity contribution >= 4 is 5.91 Å². The van der Waals surface area contributed by atoms with Crippen LogP contribution in [0.25, 0.3) is 0 Å². The van der Waals surface area contributed by atoms with Crippen LogP contribution >= 0.6 is 0 Å². The number of para-hydroxylation sites is 2. The third kappa shape index (κ3) is 2.98. The quantitative estimate of drug-likeness (QED) is 0.882. The number of nitrogens with zero attached hydrogens (tertiary/aromatic N) is 1. The maximum absolute atomic E-state index is 12.4. The first-order valence-electron chi connectivity index (χ1n) is 6.52. The van der Waals surface area contributed by atoms with Crippen LogP contribution in [0.1, 0.15) is 13.8 Å². The van der Waals surface area contributed by atoms with Crippen molar-refractivity contribution < 1.29 is 14.3 Å². The molecule has 0 radical (unpaired) electrons. The molecule has 1 unspecified atom stereocenters. The number of nitrogens with two attached hydrogens (primary N) is 1. The molecule has 0 aromatic heterocycles. The molecule has 0 aliphatic carbocycles. The Morgan fingerprint density at radius 1 is 1.42 bits per heavy atom. The Balaban J connectivity index is 2.09. The van der Waals surface area contributed by atoms with Crippen LogP contribution in [0.15, 0.2) is 24.3 Å². The van der Waals surface area contributed by atoms with Gasteiger partial charge in [-0.05, 0) is 26.0 Å². The van der Waals surface area contributed by atoms with Gasteiger partial charge in [-0.2, -0.15) is 0 Å². The van der Waals surface area contributed by atoms with Crippen molar-refractivity contribution in [2.75, 3.05) is 19.7 Å². The lowest BCUT2D eigenvalue weighted by Gasteiger charge is -2.32. The summed E-state index contributed by atoms with van der Waals surface area (Å²) in [6.07, 6.45) is -0.594. The van der Waals surface area contributed by atoms with E-state index in [0.29, 0.717) is 24.6 Å². The van der Waals surface area contributed by atoms with E-state index in [-0.39, 0.29) is 18.6 Å². The summed E-state index contributed by atoms with van der Waals surface area (Å²) in [6, 6.07) is 7.46. The molecule has 104 valence electrons. The molecule has 0 fully saturated rings. The molecule has 1 aromatic rings. The van der Waals surface area contributed by atoms with Crippen molar-refractivity contribution in [1.82, 2.24) is 4.90 Å². The summed E-state index contributed by atoms with van der Waals surface area (Å²) >= 11 is 0. The Morgan fingerprint density at radius 3 is 2.74 bits per heavy atom. The summed E-state index contributed by atoms with van der Waals surface area (Å²) in [7, 11) is 0. The number of fused-ring (bicyclic) bond motifs is 1. The van der Waals surface area contributed by atoms with Crippen molar-refractivity contribution in [3.05, 3.63) is 24.3 Å². The fraction of sp³-hybridized carbons (Fsp3) is 0.500. The number of carbonyl (C=O) groups excluding carboxylic acids is 1. The van der Waals surface area contributed by atoms with Crippen LogP contribution in [0.4, 0.5) is 0 Å². The van der Waals surface area contributed by atoms with Crippen LogP contribution < -0.4 is 15.2 Å². The normalized spacial score (nSPS) is 17.4. The van der Waals surface area contributed by atoms with E-state index >= 15 is 0 Å². The van der Waals surface area contributed by atoms with Crippen molar-refractivity contribution in [2.45, 2.75) is 26.0 Å². The molecule has 1 amide bonds. The average molecular weight is 264 g/mol. The molecule has 1 atom stereocenters. The van der Waals surface area contributed by atoms with Crippen molar-refractivity contribution in [3.63, 3.8) is 0 Å². The third-order valence-corrected chi connectivity index (χ3v) is 3.06. The summed E-state index contributed by atoms with van der Waals surface area (Å²) in [5.74, 6) is 1.22. The summed E-state index contributed by atoms with van der Waals surface area (Å²) in [5, 5.41) is 0. The van der Waals surface area contributed by atoms with Gasteiger partial charge in [-0.25, -0.2) is 0 Å². The summed E-state index contributed by atoms with van der Waals surface area (Å²) in [4.78, 5) is 14.1. The predicted molar refractivity (Wildman–Crippen MR) is 72.3 cm³/mol. The monoisotopic (exact) mass is 264 g/mol. The number of ether oxygens (including phenoxy) is 2. The Bertz CT molecular complexity index is 448. The van der Waals surface area contributed by atoms with E-state index in [9.17, 15) is 4.79 Å². The van der Waals surface area contributed by atoms with Gasteiger partial charge in [-0.15, -0.1) is 0 Å². The molecule has 0 saturated heterocycles. The topological polar surface area (TPSA) is 64.8 Å². The zero-order chi connectivity index (χ0) is 13.8. The number of hydrogen-bond donors (Lipinski definition) is 1. The van der Waals surface area contributed by atoms with E-state index in [1.54, 1.807) is 11.0 Å². The minimum Gasteiger partial charge on any atom is -0.485 e. The van der Waals surface area contributed by atoms with Gasteiger partial charge < -0.3 is 20.1 Å². The zero-order valence-electron chi connectivity index (χ0n) is 11.3. The SMILES string of the molecule is CC(C)N(CCN)C(=O)C1COc2ccccc2O1. The lowest BCUT2D eigenvalue weighted by atomic mass is 10.2. The van der Waals surface area contributed by atoms with Crippen LogP contribution in [0.2, 0.25) is 0 Å². The number of benzene rings is 1. The lowest BCUT2D eigenvalue weighted by molar-refractivity contribution is -0.142. The minimum atomic E-state index is -0.594. The molecule has 2 rings (SSSR count). The van der Waals surface area contributed by atoms with Crippen molar-refractivity contribution in [1.29, 1.82) is 0 Å². The van der Waals surface area contributed by atoms with Crippen LogP contribution in [-0.2, 0) is 4.79 Å². The van der Waals surface area contributed by atoms with E-state index in [4.69, 9.17) is 15.2 Å². The Morgan fingerprint density at radius 2 is 2.11 bits per heavy atom. The maximum atomic E-state index is 12.4. The molecule has 0 spiro atoms. The molecule has 0 bridgehead atoms. The molecule has 5 nitrogen and oxygen atoms in total. The average Bonchev–Trinajstić information content (AvgIpc) is 2.43. The maximum Gasteiger partial charge on any atom is 0.267 e. The molecule has 19 heavy (non-hydrogen) atoms. The van der Waals surface area contributed by atoms with E-state index in [1.807, 2.05) is 32.0 Å². The first-order valence-corrected chi connectivity index (χ1v) is 6.52. The highest BCUT2D eigenvalue weighted by Gasteiger charge is 2.31. The summed E-state index contributed by atoms with van der Waals surface area (Å²) in [6.45, 7) is 5.13. The highest BCUT2D eigenvalue weighted by atomic mass is 16.6. The van der Waals surface area contributed by atoms with Gasteiger partial charge in [0.05, 0.1) is 0 Å². The third-order valence-electron chi connectivity index (χ3n) is 3.06. The van der Waals surface area contributed by atoms with Gasteiger partial charge in [0, 0.05) is 19.1 Å². The highest BCUT2D eigenvalue weighted by molar-refractivity contribution is 5.82. The first kappa shape index (κ1) is 13.7. The predicted octanol–water partition coefficient (Wildman–Crippen LogP) is 1.02. The van der Waals surface area contributed by atoms with Crippen LogP contribution in [0.5, 0.6) is 11.5 Å². The fourth-order valence-corrected chi connectivity index (χ4v) is 2.09. The van der Waals surface area contributed by atoms with Crippen molar-refractivity contribution in [3.8, 4) is 11.5 Å². The van der Waals surface area contributed by atoms with E-state index in [1.165, 1.54) is 0 Å². The standard InChI is InChI=1S/C14H20N2O3/c1-10(2)16(8-7-15)14(17)13-9-18-11-5-3-4-6-12(11)19-13/h3-6,10,13H,7-9,15H2,1-2H3. The molecule has 2 N–H and O–H groups in total. The molecular weight excluding hydrogens is 244 g/mol. The Kier molecular flexibility index (Phi) is 4.27. The van der Waals surface area contributed by atoms with Gasteiger partial charge in [-0.1, -0.05) is 12.1 Å². The zero-order valence-corrected chi connectivity index (χ0v) is 11.3. The van der Waals surface area contributed by atoms with Crippen LogP contribution in [0, 0.1) is 0 Å². The van der Waals surface area contributed by atoms with Gasteiger partial charge in [-0.3, -0.25) is 4.79 Å². The molecule has 1 heterocycles. The second-order valence-corrected chi connectivity index (χ2v) is 4.78. The fourth-order valence-electron chi connectivity index (χ4n) is 2.09. The highest BCUT2D eigenvalue weighted by Crippen LogP contribution is 2.31. The van der Waals surface area contributed by atoms with Gasteiger partial charge in [0.2, 0.25) is 6.10 Å². The molecule has 1 aromatic carbocycles. The van der Waals surface area contributed by atoms with Gasteiger partial charge in [0.25, 0.3) is 5.91 Å². The molecule has 0 saturated carbocycles. The number of hydrogen-bond acceptors (Lipinski definition) is 4. The minimum absolute atomic E-state index is 0.0741. The number of amides is 1. The molecular formula is C14H20N2O3. The van der Waals surface area contributed by atoms with Crippen LogP contribution in [-0.4, -0.2) is 42.6 Å². The molecule has 1 aliphatic rings. The van der Waals surface area contributed by atoms with Gasteiger partial charge in [0.1, 0.15) is 6.61 Å². The molecule has 5 heteroatoms. The second-order valence-electron chi connectivity index (χ2n) is 4.78. The van der Waals surface area contributed by atoms with E-state index in [0.717, 1.165) is 0 Å². The number of rotatable bonds is 4. The van der Waals surface area contributed by atoms with Gasteiger partial charge >= 0.3 is 0 Å². The Labute approximate surface area is 113 Å². The lowest BCUT2D eigenvalue weighted by Crippen LogP contribution is -2.50. The number of carbonyl (C=O) groups is 1. The largest absolute Gasteiger partial charge is 0.485 e. The van der Waals surface area contributed by atoms with E-state index < -0.39 is 6.10 Å². The van der Waals surface area contributed by atoms with Crippen molar-refractivity contribution in [2.24, 2.45) is 5.73 Å². The second kappa shape index (κ2) is 5.93. The summed E-state index contributed by atoms with van der Waals surface area (Å²) < 4.78 is 11.3. The molecule has 1 aliphatic heterocycles. The summed E-state index contributed by atoms with van der Waals surface area (Å²) in [5.41, 5.74) is 5.55. The smallest absolute Gasteiger partial charge is 0.267 e. The first-order chi connectivity index (χ1) is 9.13. The Hall–Kier alpha value is -1.75. The van der Waals surface area contributed by atoms with Gasteiger partial charge in [0.15, 0.2) is 11.5 Å². The van der Waals surface area contributed by atoms with E-state index in [2.05, 4.69) is 0 Å². The van der Waals surface area contributed by atoms with Crippen LogP contribution in [0.3, 0.4) is 0 Å².